The van der Waals surface area contributed by atoms with Crippen molar-refractivity contribution in [2.45, 2.75) is 12.8 Å². The molecule has 0 fully saturated rings. The van der Waals surface area contributed by atoms with Crippen molar-refractivity contribution in [2.75, 3.05) is 0 Å². The molecule has 8 aromatic rings. The monoisotopic (exact) mass is 666 g/mol. The first-order valence-corrected chi connectivity index (χ1v) is 15.9. The number of para-hydroxylation sites is 2. The largest absolute Gasteiger partial charge is 0.309 e. The Morgan fingerprint density at radius 2 is 0.929 bits per heavy atom. The fourth-order valence-corrected chi connectivity index (χ4v) is 8.12. The lowest BCUT2D eigenvalue weighted by atomic mass is 9.88. The van der Waals surface area contributed by atoms with E-state index in [2.05, 4.69) is 162 Å². The molecule has 2 heterocycles. The number of rotatable bonds is 3. The summed E-state index contributed by atoms with van der Waals surface area (Å²) in [4.78, 5) is 0. The van der Waals surface area contributed by atoms with Gasteiger partial charge in [0.15, 0.2) is 0 Å². The highest BCUT2D eigenvalue weighted by Gasteiger charge is 2.18. The lowest BCUT2D eigenvalue weighted by molar-refractivity contribution is 0.836. The minimum Gasteiger partial charge on any atom is -0.309 e. The van der Waals surface area contributed by atoms with Crippen LogP contribution in [0.25, 0.3) is 66.1 Å². The van der Waals surface area contributed by atoms with Gasteiger partial charge in [-0.2, -0.15) is 0 Å². The van der Waals surface area contributed by atoms with Gasteiger partial charge in [-0.15, -0.1) is 0 Å². The average Bonchev–Trinajstić information content (AvgIpc) is 3.50. The Bertz CT molecular complexity index is 2370. The number of halogens is 2. The van der Waals surface area contributed by atoms with Gasteiger partial charge in [-0.25, -0.2) is 0 Å². The van der Waals surface area contributed by atoms with Crippen LogP contribution in [0.5, 0.6) is 0 Å². The third kappa shape index (κ3) is 3.62. The van der Waals surface area contributed by atoms with E-state index in [0.29, 0.717) is 0 Å². The van der Waals surface area contributed by atoms with E-state index in [1.54, 1.807) is 0 Å². The second-order valence-corrected chi connectivity index (χ2v) is 13.1. The van der Waals surface area contributed by atoms with Gasteiger partial charge >= 0.3 is 0 Å². The zero-order valence-corrected chi connectivity index (χ0v) is 25.8. The predicted molar refractivity (Wildman–Crippen MR) is 183 cm³/mol. The molecule has 0 saturated carbocycles. The molecule has 4 heteroatoms. The van der Waals surface area contributed by atoms with E-state index in [1.165, 1.54) is 84.4 Å². The number of aryl methyl sites for hydroxylation is 2. The van der Waals surface area contributed by atoms with Crippen LogP contribution < -0.4 is 0 Å². The maximum absolute atomic E-state index is 3.69. The molecule has 9 rings (SSSR count). The number of hydrogen-bond donors (Lipinski definition) is 0. The van der Waals surface area contributed by atoms with E-state index in [9.17, 15) is 0 Å². The summed E-state index contributed by atoms with van der Waals surface area (Å²) in [6, 6.07) is 44.7. The minimum atomic E-state index is 1.05. The number of hydrogen-bond acceptors (Lipinski definition) is 0. The van der Waals surface area contributed by atoms with Crippen LogP contribution in [0, 0.1) is 0 Å². The van der Waals surface area contributed by atoms with Gasteiger partial charge < -0.3 is 9.13 Å². The van der Waals surface area contributed by atoms with Crippen molar-refractivity contribution < 1.29 is 0 Å². The maximum Gasteiger partial charge on any atom is 0.0541 e. The van der Waals surface area contributed by atoms with Gasteiger partial charge in [0.25, 0.3) is 0 Å². The third-order valence-electron chi connectivity index (χ3n) is 8.90. The molecule has 0 aliphatic heterocycles. The van der Waals surface area contributed by atoms with Gasteiger partial charge in [0.1, 0.15) is 0 Å². The Labute approximate surface area is 260 Å². The van der Waals surface area contributed by atoms with E-state index >= 15 is 0 Å². The standard InChI is InChI=1S/C38H24Br2N2/c39-27-20-28(40)22-30(21-27)42-36-8-4-2-6-32(36)34-19-26(13-16-38(34)42)25-12-15-37-33(18-25)31-5-1-3-7-35(31)41(37)29-14-11-23-9-10-24(23)17-29/h1-8,11-22H,9-10H2. The molecular formula is C38H24Br2N2. The van der Waals surface area contributed by atoms with Crippen LogP contribution >= 0.6 is 31.9 Å². The Morgan fingerprint density at radius 3 is 1.48 bits per heavy atom. The first-order valence-electron chi connectivity index (χ1n) is 14.3. The summed E-state index contributed by atoms with van der Waals surface area (Å²) in [6.45, 7) is 0. The Kier molecular flexibility index (Phi) is 5.36. The number of benzene rings is 6. The average molecular weight is 668 g/mol. The smallest absolute Gasteiger partial charge is 0.0541 e. The highest BCUT2D eigenvalue weighted by atomic mass is 79.9. The van der Waals surface area contributed by atoms with Crippen molar-refractivity contribution in [3.63, 3.8) is 0 Å². The van der Waals surface area contributed by atoms with Gasteiger partial charge in [0, 0.05) is 41.9 Å². The van der Waals surface area contributed by atoms with Crippen LogP contribution in [0.4, 0.5) is 0 Å². The summed E-state index contributed by atoms with van der Waals surface area (Å²) in [6.07, 6.45) is 2.39. The van der Waals surface area contributed by atoms with Crippen molar-refractivity contribution in [3.8, 4) is 22.5 Å². The molecule has 0 amide bonds. The minimum absolute atomic E-state index is 1.05. The normalized spacial score (nSPS) is 12.8. The van der Waals surface area contributed by atoms with Crippen molar-refractivity contribution in [2.24, 2.45) is 0 Å². The van der Waals surface area contributed by atoms with E-state index < -0.39 is 0 Å². The van der Waals surface area contributed by atoms with Gasteiger partial charge in [-0.1, -0.05) is 86.5 Å². The molecule has 42 heavy (non-hydrogen) atoms. The van der Waals surface area contributed by atoms with E-state index in [-0.39, 0.29) is 0 Å². The summed E-state index contributed by atoms with van der Waals surface area (Å²) in [5.41, 5.74) is 12.7. The first kappa shape index (κ1) is 24.5. The molecule has 6 aromatic carbocycles. The topological polar surface area (TPSA) is 9.86 Å². The Balaban J connectivity index is 1.25. The highest BCUT2D eigenvalue weighted by Crippen LogP contribution is 2.39. The van der Waals surface area contributed by atoms with Gasteiger partial charge in [-0.05, 0) is 102 Å². The third-order valence-corrected chi connectivity index (χ3v) is 9.81. The SMILES string of the molecule is Brc1cc(Br)cc(-n2c3ccccc3c3cc(-c4ccc5c(c4)c4ccccc4n5-c4ccc5c(c4)CC5)ccc32)c1. The predicted octanol–water partition coefficient (Wildman–Crippen LogP) is 11.2. The molecule has 2 nitrogen and oxygen atoms in total. The van der Waals surface area contributed by atoms with Crippen molar-refractivity contribution in [1.29, 1.82) is 0 Å². The first-order chi connectivity index (χ1) is 20.6. The van der Waals surface area contributed by atoms with Crippen molar-refractivity contribution >= 4 is 75.5 Å². The summed E-state index contributed by atoms with van der Waals surface area (Å²) in [7, 11) is 0. The summed E-state index contributed by atoms with van der Waals surface area (Å²) in [5.74, 6) is 0. The van der Waals surface area contributed by atoms with E-state index in [4.69, 9.17) is 0 Å². The van der Waals surface area contributed by atoms with Crippen molar-refractivity contribution in [1.82, 2.24) is 9.13 Å². The van der Waals surface area contributed by atoms with Crippen LogP contribution in [0.1, 0.15) is 11.1 Å². The lowest BCUT2D eigenvalue weighted by Gasteiger charge is -2.20. The molecule has 0 unspecified atom stereocenters. The molecule has 1 aliphatic carbocycles. The van der Waals surface area contributed by atoms with Crippen molar-refractivity contribution in [3.05, 3.63) is 141 Å². The molecule has 200 valence electrons. The zero-order valence-electron chi connectivity index (χ0n) is 22.6. The van der Waals surface area contributed by atoms with Gasteiger partial charge in [0.2, 0.25) is 0 Å². The number of nitrogens with zero attached hydrogens (tertiary/aromatic N) is 2. The van der Waals surface area contributed by atoms with Gasteiger partial charge in [-0.3, -0.25) is 0 Å². The van der Waals surface area contributed by atoms with Crippen LogP contribution in [-0.2, 0) is 12.8 Å². The molecule has 1 aliphatic rings. The quantitative estimate of drug-likeness (QED) is 0.177. The lowest BCUT2D eigenvalue weighted by Crippen LogP contribution is -2.09. The summed E-state index contributed by atoms with van der Waals surface area (Å²) < 4.78 is 6.88. The van der Waals surface area contributed by atoms with Crippen LogP contribution in [0.15, 0.2) is 130 Å². The Morgan fingerprint density at radius 1 is 0.405 bits per heavy atom. The van der Waals surface area contributed by atoms with E-state index in [1.807, 2.05) is 0 Å². The fourth-order valence-electron chi connectivity index (χ4n) is 6.85. The van der Waals surface area contributed by atoms with Crippen LogP contribution in [-0.4, -0.2) is 9.13 Å². The molecule has 0 atom stereocenters. The molecule has 0 bridgehead atoms. The Hall–Kier alpha value is -4.12. The highest BCUT2D eigenvalue weighted by molar-refractivity contribution is 9.11. The fraction of sp³-hybridized carbons (Fsp3) is 0.0526. The molecule has 2 aromatic heterocycles. The van der Waals surface area contributed by atoms with Crippen LogP contribution in [0.3, 0.4) is 0 Å². The van der Waals surface area contributed by atoms with Crippen LogP contribution in [0.2, 0.25) is 0 Å². The molecule has 0 saturated heterocycles. The molecular weight excluding hydrogens is 644 g/mol. The summed E-state index contributed by atoms with van der Waals surface area (Å²) in [5, 5.41) is 5.08. The molecule has 0 N–H and O–H groups in total. The second kappa shape index (κ2) is 9.19. The number of aromatic nitrogens is 2. The summed E-state index contributed by atoms with van der Waals surface area (Å²) >= 11 is 7.37. The second-order valence-electron chi connectivity index (χ2n) is 11.2. The zero-order chi connectivity index (χ0) is 27.9. The van der Waals surface area contributed by atoms with E-state index in [0.717, 1.165) is 14.6 Å². The molecule has 0 radical (unpaired) electrons. The van der Waals surface area contributed by atoms with Gasteiger partial charge in [0.05, 0.1) is 22.1 Å². The maximum atomic E-state index is 3.69. The molecule has 0 spiro atoms. The number of fused-ring (bicyclic) bond motifs is 7.